The highest BCUT2D eigenvalue weighted by molar-refractivity contribution is 6.30. The summed E-state index contributed by atoms with van der Waals surface area (Å²) in [6, 6.07) is 7.05. The Hall–Kier alpha value is -1.43. The van der Waals surface area contributed by atoms with E-state index < -0.39 is 6.10 Å². The SMILES string of the molecule is NCC[C@H](O)c1nc(-c2ccc(Cl)cc2)no1. The van der Waals surface area contributed by atoms with Crippen LogP contribution in [0.4, 0.5) is 0 Å². The topological polar surface area (TPSA) is 85.2 Å². The van der Waals surface area contributed by atoms with E-state index in [2.05, 4.69) is 10.1 Å². The van der Waals surface area contributed by atoms with Gasteiger partial charge in [-0.1, -0.05) is 16.8 Å². The van der Waals surface area contributed by atoms with Gasteiger partial charge in [0.25, 0.3) is 5.89 Å². The van der Waals surface area contributed by atoms with Gasteiger partial charge in [0.2, 0.25) is 5.82 Å². The monoisotopic (exact) mass is 253 g/mol. The number of hydrogen-bond donors (Lipinski definition) is 2. The Bertz CT molecular complexity index is 484. The fraction of sp³-hybridized carbons (Fsp3) is 0.273. The van der Waals surface area contributed by atoms with E-state index in [1.807, 2.05) is 0 Å². The molecule has 90 valence electrons. The van der Waals surface area contributed by atoms with Crippen LogP contribution in [0.1, 0.15) is 18.4 Å². The van der Waals surface area contributed by atoms with Crippen molar-refractivity contribution in [3.05, 3.63) is 35.2 Å². The van der Waals surface area contributed by atoms with Gasteiger partial charge in [0.1, 0.15) is 6.10 Å². The fourth-order valence-corrected chi connectivity index (χ4v) is 1.49. The van der Waals surface area contributed by atoms with Gasteiger partial charge in [-0.05, 0) is 37.2 Å². The summed E-state index contributed by atoms with van der Waals surface area (Å²) in [6.07, 6.45) is -0.420. The number of hydrogen-bond acceptors (Lipinski definition) is 5. The average molecular weight is 254 g/mol. The average Bonchev–Trinajstić information content (AvgIpc) is 2.80. The van der Waals surface area contributed by atoms with Gasteiger partial charge in [0.05, 0.1) is 0 Å². The highest BCUT2D eigenvalue weighted by Crippen LogP contribution is 2.21. The standard InChI is InChI=1S/C11H12ClN3O2/c12-8-3-1-7(2-4-8)10-14-11(17-15-10)9(16)5-6-13/h1-4,9,16H,5-6,13H2/t9-/m0/s1. The normalized spacial score (nSPS) is 12.6. The molecule has 0 aliphatic heterocycles. The maximum atomic E-state index is 9.63. The van der Waals surface area contributed by atoms with Crippen LogP contribution in [0.5, 0.6) is 0 Å². The molecule has 0 unspecified atom stereocenters. The third-order valence-electron chi connectivity index (χ3n) is 2.27. The third-order valence-corrected chi connectivity index (χ3v) is 2.52. The van der Waals surface area contributed by atoms with Crippen LogP contribution >= 0.6 is 11.6 Å². The zero-order valence-corrected chi connectivity index (χ0v) is 9.76. The van der Waals surface area contributed by atoms with Gasteiger partial charge >= 0.3 is 0 Å². The van der Waals surface area contributed by atoms with E-state index in [4.69, 9.17) is 21.9 Å². The molecule has 0 saturated heterocycles. The summed E-state index contributed by atoms with van der Waals surface area (Å²) in [5, 5.41) is 14.1. The summed E-state index contributed by atoms with van der Waals surface area (Å²) < 4.78 is 4.96. The lowest BCUT2D eigenvalue weighted by atomic mass is 10.2. The number of benzene rings is 1. The first-order valence-corrected chi connectivity index (χ1v) is 5.56. The lowest BCUT2D eigenvalue weighted by molar-refractivity contribution is 0.127. The number of nitrogens with zero attached hydrogens (tertiary/aromatic N) is 2. The molecular formula is C11H12ClN3O2. The van der Waals surface area contributed by atoms with Gasteiger partial charge in [-0.15, -0.1) is 0 Å². The van der Waals surface area contributed by atoms with Crippen LogP contribution in [0.3, 0.4) is 0 Å². The minimum atomic E-state index is -0.812. The molecule has 5 nitrogen and oxygen atoms in total. The highest BCUT2D eigenvalue weighted by Gasteiger charge is 2.15. The van der Waals surface area contributed by atoms with Crippen molar-refractivity contribution in [1.82, 2.24) is 10.1 Å². The Morgan fingerprint density at radius 2 is 2.06 bits per heavy atom. The lowest BCUT2D eigenvalue weighted by Gasteiger charge is -2.00. The van der Waals surface area contributed by atoms with Gasteiger partial charge in [-0.2, -0.15) is 4.98 Å². The number of rotatable bonds is 4. The van der Waals surface area contributed by atoms with Crippen molar-refractivity contribution in [3.8, 4) is 11.4 Å². The maximum absolute atomic E-state index is 9.63. The molecule has 3 N–H and O–H groups in total. The first kappa shape index (κ1) is 12.0. The van der Waals surface area contributed by atoms with Crippen LogP contribution in [0.2, 0.25) is 5.02 Å². The summed E-state index contributed by atoms with van der Waals surface area (Å²) in [4.78, 5) is 4.10. The van der Waals surface area contributed by atoms with E-state index >= 15 is 0 Å². The van der Waals surface area contributed by atoms with Gasteiger partial charge in [0, 0.05) is 10.6 Å². The van der Waals surface area contributed by atoms with Crippen molar-refractivity contribution < 1.29 is 9.63 Å². The number of aliphatic hydroxyl groups excluding tert-OH is 1. The van der Waals surface area contributed by atoms with Crippen molar-refractivity contribution >= 4 is 11.6 Å². The smallest absolute Gasteiger partial charge is 0.255 e. The molecule has 0 aliphatic carbocycles. The summed E-state index contributed by atoms with van der Waals surface area (Å²) in [5.41, 5.74) is 6.12. The molecule has 0 fully saturated rings. The number of halogens is 1. The zero-order chi connectivity index (χ0) is 12.3. The van der Waals surface area contributed by atoms with Crippen LogP contribution in [0, 0.1) is 0 Å². The van der Waals surface area contributed by atoms with E-state index in [1.165, 1.54) is 0 Å². The largest absolute Gasteiger partial charge is 0.383 e. The van der Waals surface area contributed by atoms with E-state index in [0.717, 1.165) is 5.56 Å². The molecule has 0 saturated carbocycles. The fourth-order valence-electron chi connectivity index (χ4n) is 1.37. The van der Waals surface area contributed by atoms with E-state index in [1.54, 1.807) is 24.3 Å². The van der Waals surface area contributed by atoms with Crippen LogP contribution in [0.25, 0.3) is 11.4 Å². The highest BCUT2D eigenvalue weighted by atomic mass is 35.5. The minimum Gasteiger partial charge on any atom is -0.383 e. The van der Waals surface area contributed by atoms with E-state index in [9.17, 15) is 5.11 Å². The van der Waals surface area contributed by atoms with Crippen LogP contribution in [-0.2, 0) is 0 Å². The van der Waals surface area contributed by atoms with Crippen molar-refractivity contribution in [1.29, 1.82) is 0 Å². The Labute approximate surface area is 103 Å². The second-order valence-corrected chi connectivity index (χ2v) is 3.99. The van der Waals surface area contributed by atoms with Crippen molar-refractivity contribution in [2.45, 2.75) is 12.5 Å². The quantitative estimate of drug-likeness (QED) is 0.867. The number of aromatic nitrogens is 2. The predicted molar refractivity (Wildman–Crippen MR) is 63.4 cm³/mol. The molecule has 0 spiro atoms. The summed E-state index contributed by atoms with van der Waals surface area (Å²) in [6.45, 7) is 0.361. The maximum Gasteiger partial charge on any atom is 0.255 e. The Morgan fingerprint density at radius 3 is 2.71 bits per heavy atom. The van der Waals surface area contributed by atoms with Crippen molar-refractivity contribution in [3.63, 3.8) is 0 Å². The zero-order valence-electron chi connectivity index (χ0n) is 9.01. The molecule has 2 aromatic rings. The van der Waals surface area contributed by atoms with Gasteiger partial charge in [-0.3, -0.25) is 0 Å². The molecule has 0 radical (unpaired) electrons. The number of aliphatic hydroxyl groups is 1. The Balaban J connectivity index is 2.20. The Morgan fingerprint density at radius 1 is 1.35 bits per heavy atom. The van der Waals surface area contributed by atoms with Gasteiger partial charge < -0.3 is 15.4 Å². The van der Waals surface area contributed by atoms with Gasteiger partial charge in [-0.25, -0.2) is 0 Å². The molecule has 1 aromatic heterocycles. The molecule has 0 bridgehead atoms. The van der Waals surface area contributed by atoms with Gasteiger partial charge in [0.15, 0.2) is 0 Å². The molecule has 1 aromatic carbocycles. The van der Waals surface area contributed by atoms with E-state index in [-0.39, 0.29) is 5.89 Å². The number of nitrogens with two attached hydrogens (primary N) is 1. The van der Waals surface area contributed by atoms with E-state index in [0.29, 0.717) is 23.8 Å². The first-order valence-electron chi connectivity index (χ1n) is 5.18. The van der Waals surface area contributed by atoms with Crippen molar-refractivity contribution in [2.24, 2.45) is 5.73 Å². The van der Waals surface area contributed by atoms with Crippen LogP contribution in [0.15, 0.2) is 28.8 Å². The van der Waals surface area contributed by atoms with Crippen LogP contribution < -0.4 is 5.73 Å². The summed E-state index contributed by atoms with van der Waals surface area (Å²) in [5.74, 6) is 0.605. The molecule has 1 heterocycles. The second kappa shape index (κ2) is 5.27. The predicted octanol–water partition coefficient (Wildman–Crippen LogP) is 1.77. The second-order valence-electron chi connectivity index (χ2n) is 3.56. The molecule has 2 rings (SSSR count). The minimum absolute atomic E-state index is 0.181. The molecule has 6 heteroatoms. The first-order chi connectivity index (χ1) is 8.20. The molecular weight excluding hydrogens is 242 g/mol. The molecule has 17 heavy (non-hydrogen) atoms. The summed E-state index contributed by atoms with van der Waals surface area (Å²) in [7, 11) is 0. The lowest BCUT2D eigenvalue weighted by Crippen LogP contribution is -2.06. The molecule has 1 atom stereocenters. The third kappa shape index (κ3) is 2.82. The molecule has 0 amide bonds. The Kier molecular flexibility index (Phi) is 3.73. The summed E-state index contributed by atoms with van der Waals surface area (Å²) >= 11 is 5.78. The van der Waals surface area contributed by atoms with Crippen LogP contribution in [-0.4, -0.2) is 21.8 Å². The van der Waals surface area contributed by atoms with Crippen molar-refractivity contribution in [2.75, 3.05) is 6.54 Å². The molecule has 0 aliphatic rings.